The van der Waals surface area contributed by atoms with E-state index in [0.29, 0.717) is 18.0 Å². The van der Waals surface area contributed by atoms with Gasteiger partial charge in [-0.15, -0.1) is 0 Å². The first-order valence-corrected chi connectivity index (χ1v) is 10.2. The molecule has 3 aromatic heterocycles. The van der Waals surface area contributed by atoms with E-state index in [1.807, 2.05) is 26.1 Å². The number of hydrogen-bond donors (Lipinski definition) is 1. The van der Waals surface area contributed by atoms with E-state index in [2.05, 4.69) is 26.4 Å². The van der Waals surface area contributed by atoms with Crippen molar-refractivity contribution in [1.82, 2.24) is 29.4 Å². The van der Waals surface area contributed by atoms with Gasteiger partial charge in [0.15, 0.2) is 5.65 Å². The van der Waals surface area contributed by atoms with Crippen molar-refractivity contribution in [1.29, 1.82) is 0 Å². The Hall–Kier alpha value is -2.70. The highest BCUT2D eigenvalue weighted by Crippen LogP contribution is 2.24. The summed E-state index contributed by atoms with van der Waals surface area (Å²) in [4.78, 5) is 26.7. The summed E-state index contributed by atoms with van der Waals surface area (Å²) < 4.78 is 4.31. The number of nitrogens with zero attached hydrogens (tertiary/aromatic N) is 5. The number of aromatic nitrogens is 5. The Bertz CT molecular complexity index is 1000. The highest BCUT2D eigenvalue weighted by Gasteiger charge is 2.21. The van der Waals surface area contributed by atoms with E-state index in [0.717, 1.165) is 60.9 Å². The fourth-order valence-electron chi connectivity index (χ4n) is 3.95. The molecule has 1 amide bonds. The molecule has 0 aliphatic carbocycles. The molecule has 1 aliphatic rings. The molecule has 0 aromatic carbocycles. The van der Waals surface area contributed by atoms with Gasteiger partial charge < -0.3 is 14.5 Å². The van der Waals surface area contributed by atoms with Crippen molar-refractivity contribution in [2.24, 2.45) is 5.92 Å². The third-order valence-corrected chi connectivity index (χ3v) is 5.48. The van der Waals surface area contributed by atoms with E-state index in [4.69, 9.17) is 9.97 Å². The predicted octanol–water partition coefficient (Wildman–Crippen LogP) is 3.04. The number of fused-ring (bicyclic) bond motifs is 3. The molecule has 4 heterocycles. The van der Waals surface area contributed by atoms with Crippen LogP contribution in [0.4, 0.5) is 0 Å². The lowest BCUT2D eigenvalue weighted by molar-refractivity contribution is 0.0948. The fraction of sp³-hybridized carbons (Fsp3) is 0.524. The maximum absolute atomic E-state index is 13.0. The molecule has 28 heavy (non-hydrogen) atoms. The standard InChI is InChI=1S/C21H28N6O/c1-14(13-26-10-8-22-16(26)3)12-23-21(28)17-11-15(2)24-20-19(17)25-18-7-5-4-6-9-27(18)20/h8,10-11,14H,4-7,9,12-13H2,1-3H3,(H,23,28)/t14-/m0/s1. The molecule has 4 rings (SSSR count). The average molecular weight is 380 g/mol. The number of rotatable bonds is 5. The fourth-order valence-corrected chi connectivity index (χ4v) is 3.95. The van der Waals surface area contributed by atoms with Gasteiger partial charge >= 0.3 is 0 Å². The Kier molecular flexibility index (Phi) is 5.15. The van der Waals surface area contributed by atoms with Crippen molar-refractivity contribution < 1.29 is 4.79 Å². The Morgan fingerprint density at radius 2 is 2.11 bits per heavy atom. The summed E-state index contributed by atoms with van der Waals surface area (Å²) in [5, 5.41) is 3.09. The van der Waals surface area contributed by atoms with E-state index >= 15 is 0 Å². The quantitative estimate of drug-likeness (QED) is 0.738. The number of nitrogens with one attached hydrogen (secondary N) is 1. The van der Waals surface area contributed by atoms with Crippen molar-refractivity contribution in [2.75, 3.05) is 6.54 Å². The minimum atomic E-state index is -0.0713. The maximum atomic E-state index is 13.0. The van der Waals surface area contributed by atoms with Crippen LogP contribution >= 0.6 is 0 Å². The average Bonchev–Trinajstić information content (AvgIpc) is 3.13. The number of pyridine rings is 1. The second-order valence-electron chi connectivity index (χ2n) is 7.92. The van der Waals surface area contributed by atoms with Gasteiger partial charge in [-0.2, -0.15) is 0 Å². The van der Waals surface area contributed by atoms with Crippen LogP contribution in [-0.4, -0.2) is 36.5 Å². The zero-order valence-corrected chi connectivity index (χ0v) is 16.9. The van der Waals surface area contributed by atoms with Gasteiger partial charge in [0.1, 0.15) is 17.2 Å². The summed E-state index contributed by atoms with van der Waals surface area (Å²) in [7, 11) is 0. The van der Waals surface area contributed by atoms with Gasteiger partial charge in [0.05, 0.1) is 5.56 Å². The molecule has 0 unspecified atom stereocenters. The van der Waals surface area contributed by atoms with Crippen LogP contribution in [0.25, 0.3) is 11.2 Å². The molecule has 0 bridgehead atoms. The molecule has 1 aliphatic heterocycles. The summed E-state index contributed by atoms with van der Waals surface area (Å²) in [6.45, 7) is 8.43. The van der Waals surface area contributed by atoms with Gasteiger partial charge in [-0.05, 0) is 38.7 Å². The normalized spacial score (nSPS) is 15.2. The first-order valence-electron chi connectivity index (χ1n) is 10.2. The second kappa shape index (κ2) is 7.73. The van der Waals surface area contributed by atoms with Gasteiger partial charge in [-0.25, -0.2) is 15.0 Å². The summed E-state index contributed by atoms with van der Waals surface area (Å²) in [6, 6.07) is 1.86. The Morgan fingerprint density at radius 1 is 1.25 bits per heavy atom. The Labute approximate surface area is 165 Å². The molecule has 1 atom stereocenters. The van der Waals surface area contributed by atoms with Crippen LogP contribution in [0.3, 0.4) is 0 Å². The Balaban J connectivity index is 1.53. The van der Waals surface area contributed by atoms with Gasteiger partial charge in [0.25, 0.3) is 5.91 Å². The third-order valence-electron chi connectivity index (χ3n) is 5.48. The SMILES string of the molecule is Cc1cc(C(=O)NC[C@H](C)Cn2ccnc2C)c2nc3n(c2n1)CCCCC3. The molecule has 0 saturated carbocycles. The van der Waals surface area contributed by atoms with Crippen LogP contribution in [0.2, 0.25) is 0 Å². The van der Waals surface area contributed by atoms with Crippen LogP contribution in [0.5, 0.6) is 0 Å². The predicted molar refractivity (Wildman–Crippen MR) is 108 cm³/mol. The number of amides is 1. The molecule has 7 nitrogen and oxygen atoms in total. The van der Waals surface area contributed by atoms with Gasteiger partial charge in [0.2, 0.25) is 0 Å². The molecule has 3 aromatic rings. The summed E-state index contributed by atoms with van der Waals surface area (Å²) in [6.07, 6.45) is 8.24. The highest BCUT2D eigenvalue weighted by molar-refractivity contribution is 6.04. The molecule has 7 heteroatoms. The molecular formula is C21H28N6O. The molecular weight excluding hydrogens is 352 g/mol. The van der Waals surface area contributed by atoms with Gasteiger partial charge in [-0.1, -0.05) is 13.3 Å². The largest absolute Gasteiger partial charge is 0.352 e. The zero-order valence-electron chi connectivity index (χ0n) is 16.9. The Morgan fingerprint density at radius 3 is 2.89 bits per heavy atom. The minimum Gasteiger partial charge on any atom is -0.352 e. The van der Waals surface area contributed by atoms with Crippen molar-refractivity contribution in [3.63, 3.8) is 0 Å². The van der Waals surface area contributed by atoms with E-state index in [9.17, 15) is 4.79 Å². The smallest absolute Gasteiger partial charge is 0.253 e. The molecule has 0 spiro atoms. The van der Waals surface area contributed by atoms with E-state index < -0.39 is 0 Å². The highest BCUT2D eigenvalue weighted by atomic mass is 16.1. The van der Waals surface area contributed by atoms with Crippen LogP contribution in [0.15, 0.2) is 18.5 Å². The first kappa shape index (κ1) is 18.7. The summed E-state index contributed by atoms with van der Waals surface area (Å²) in [5.41, 5.74) is 3.07. The molecule has 148 valence electrons. The van der Waals surface area contributed by atoms with Crippen molar-refractivity contribution in [2.45, 2.75) is 59.5 Å². The van der Waals surface area contributed by atoms with Crippen LogP contribution in [-0.2, 0) is 19.5 Å². The van der Waals surface area contributed by atoms with E-state index in [1.54, 1.807) is 6.20 Å². The lowest BCUT2D eigenvalue weighted by atomic mass is 10.1. The van der Waals surface area contributed by atoms with Crippen LogP contribution < -0.4 is 5.32 Å². The topological polar surface area (TPSA) is 77.6 Å². The summed E-state index contributed by atoms with van der Waals surface area (Å²) in [5.74, 6) is 2.28. The third kappa shape index (κ3) is 3.66. The number of carbonyl (C=O) groups is 1. The number of aryl methyl sites for hydroxylation is 4. The van der Waals surface area contributed by atoms with Crippen molar-refractivity contribution in [3.05, 3.63) is 41.4 Å². The molecule has 0 fully saturated rings. The van der Waals surface area contributed by atoms with Crippen LogP contribution in [0.1, 0.15) is 53.9 Å². The van der Waals surface area contributed by atoms with E-state index in [1.165, 1.54) is 6.42 Å². The molecule has 0 radical (unpaired) electrons. The first-order chi connectivity index (χ1) is 13.5. The second-order valence-corrected chi connectivity index (χ2v) is 7.92. The monoisotopic (exact) mass is 380 g/mol. The molecule has 1 N–H and O–H groups in total. The lowest BCUT2D eigenvalue weighted by Crippen LogP contribution is -2.30. The van der Waals surface area contributed by atoms with E-state index in [-0.39, 0.29) is 5.91 Å². The van der Waals surface area contributed by atoms with Gasteiger partial charge in [-0.3, -0.25) is 4.79 Å². The van der Waals surface area contributed by atoms with Crippen LogP contribution in [0, 0.1) is 19.8 Å². The van der Waals surface area contributed by atoms with Crippen molar-refractivity contribution >= 4 is 17.1 Å². The van der Waals surface area contributed by atoms with Crippen molar-refractivity contribution in [3.8, 4) is 0 Å². The number of carbonyl (C=O) groups excluding carboxylic acids is 1. The number of hydrogen-bond acceptors (Lipinski definition) is 4. The van der Waals surface area contributed by atoms with Gasteiger partial charge in [0, 0.05) is 44.1 Å². The maximum Gasteiger partial charge on any atom is 0.253 e. The minimum absolute atomic E-state index is 0.0713. The number of imidazole rings is 2. The lowest BCUT2D eigenvalue weighted by Gasteiger charge is -2.15. The molecule has 0 saturated heterocycles. The summed E-state index contributed by atoms with van der Waals surface area (Å²) >= 11 is 0. The zero-order chi connectivity index (χ0) is 19.7.